The molecule has 1 saturated carbocycles. The maximum Gasteiger partial charge on any atom is 0.310 e. The average Bonchev–Trinajstić information content (AvgIpc) is 2.92. The molecule has 1 aromatic rings. The molecule has 1 aliphatic carbocycles. The summed E-state index contributed by atoms with van der Waals surface area (Å²) in [5.74, 6) is -1.01. The van der Waals surface area contributed by atoms with Gasteiger partial charge in [-0.3, -0.25) is 9.59 Å². The first-order valence-corrected chi connectivity index (χ1v) is 7.50. The summed E-state index contributed by atoms with van der Waals surface area (Å²) in [6, 6.07) is -0.0545. The van der Waals surface area contributed by atoms with E-state index in [2.05, 4.69) is 10.3 Å². The zero-order valence-electron chi connectivity index (χ0n) is 12.4. The number of imidazole rings is 1. The molecule has 0 bridgehead atoms. The predicted molar refractivity (Wildman–Crippen MR) is 77.6 cm³/mol. The molecule has 2 N–H and O–H groups in total. The van der Waals surface area contributed by atoms with Gasteiger partial charge in [0.05, 0.1) is 11.7 Å². The summed E-state index contributed by atoms with van der Waals surface area (Å²) in [7, 11) is 0. The van der Waals surface area contributed by atoms with Gasteiger partial charge in [-0.25, -0.2) is 4.98 Å². The third-order valence-electron chi connectivity index (χ3n) is 4.21. The number of nitrogens with zero attached hydrogens (tertiary/aromatic N) is 2. The maximum atomic E-state index is 12.2. The van der Waals surface area contributed by atoms with Gasteiger partial charge >= 0.3 is 5.97 Å². The van der Waals surface area contributed by atoms with Crippen LogP contribution in [0.25, 0.3) is 0 Å². The van der Waals surface area contributed by atoms with E-state index in [1.807, 2.05) is 17.7 Å². The smallest absolute Gasteiger partial charge is 0.310 e. The number of aromatic nitrogens is 2. The Labute approximate surface area is 124 Å². The highest BCUT2D eigenvalue weighted by atomic mass is 16.4. The number of hydrogen-bond donors (Lipinski definition) is 2. The average molecular weight is 293 g/mol. The van der Waals surface area contributed by atoms with Gasteiger partial charge in [-0.2, -0.15) is 0 Å². The number of carboxylic acid groups (broad SMARTS) is 1. The van der Waals surface area contributed by atoms with Gasteiger partial charge in [0.1, 0.15) is 0 Å². The Hall–Kier alpha value is -1.85. The fourth-order valence-electron chi connectivity index (χ4n) is 3.08. The molecular weight excluding hydrogens is 270 g/mol. The normalized spacial score (nSPS) is 18.9. The SMILES string of the molecule is CC(Cn1ccnc1)NC(=O)CC1(C(=O)O)CCCCC1. The topological polar surface area (TPSA) is 84.2 Å². The summed E-state index contributed by atoms with van der Waals surface area (Å²) < 4.78 is 1.89. The third-order valence-corrected chi connectivity index (χ3v) is 4.21. The van der Waals surface area contributed by atoms with Crippen molar-refractivity contribution >= 4 is 11.9 Å². The molecule has 1 heterocycles. The van der Waals surface area contributed by atoms with Crippen LogP contribution < -0.4 is 5.32 Å². The van der Waals surface area contributed by atoms with Crippen molar-refractivity contribution in [1.29, 1.82) is 0 Å². The Balaban J connectivity index is 1.88. The molecule has 0 aliphatic heterocycles. The number of amides is 1. The van der Waals surface area contributed by atoms with Gasteiger partial charge in [0.2, 0.25) is 5.91 Å². The molecule has 0 spiro atoms. The van der Waals surface area contributed by atoms with Crippen molar-refractivity contribution < 1.29 is 14.7 Å². The van der Waals surface area contributed by atoms with Crippen LogP contribution in [0.4, 0.5) is 0 Å². The highest BCUT2D eigenvalue weighted by Gasteiger charge is 2.41. The molecule has 21 heavy (non-hydrogen) atoms. The van der Waals surface area contributed by atoms with Crippen LogP contribution in [0.3, 0.4) is 0 Å². The minimum Gasteiger partial charge on any atom is -0.481 e. The number of hydrogen-bond acceptors (Lipinski definition) is 3. The van der Waals surface area contributed by atoms with Gasteiger partial charge in [0, 0.05) is 31.4 Å². The van der Waals surface area contributed by atoms with Crippen molar-refractivity contribution in [2.45, 2.75) is 58.0 Å². The summed E-state index contributed by atoms with van der Waals surface area (Å²) in [6.07, 6.45) is 9.36. The van der Waals surface area contributed by atoms with E-state index >= 15 is 0 Å². The zero-order valence-corrected chi connectivity index (χ0v) is 12.4. The number of carbonyl (C=O) groups is 2. The first kappa shape index (κ1) is 15.5. The number of nitrogens with one attached hydrogen (secondary N) is 1. The fraction of sp³-hybridized carbons (Fsp3) is 0.667. The van der Waals surface area contributed by atoms with Crippen LogP contribution in [0.1, 0.15) is 45.4 Å². The second-order valence-electron chi connectivity index (χ2n) is 6.05. The molecule has 0 saturated heterocycles. The highest BCUT2D eigenvalue weighted by molar-refractivity contribution is 5.85. The summed E-state index contributed by atoms with van der Waals surface area (Å²) in [6.45, 7) is 2.54. The van der Waals surface area contributed by atoms with Gasteiger partial charge in [0.15, 0.2) is 0 Å². The van der Waals surface area contributed by atoms with Crippen LogP contribution in [-0.2, 0) is 16.1 Å². The standard InChI is InChI=1S/C15H23N3O3/c1-12(10-18-8-7-16-11-18)17-13(19)9-15(14(20)21)5-3-2-4-6-15/h7-8,11-12H,2-6,9-10H2,1H3,(H,17,19)(H,20,21). The van der Waals surface area contributed by atoms with E-state index in [4.69, 9.17) is 0 Å². The Morgan fingerprint density at radius 3 is 2.67 bits per heavy atom. The monoisotopic (exact) mass is 293 g/mol. The minimum atomic E-state index is -0.864. The lowest BCUT2D eigenvalue weighted by atomic mass is 9.71. The van der Waals surface area contributed by atoms with Gasteiger partial charge in [-0.15, -0.1) is 0 Å². The summed E-state index contributed by atoms with van der Waals surface area (Å²) in [5, 5.41) is 12.4. The Morgan fingerprint density at radius 1 is 1.38 bits per heavy atom. The predicted octanol–water partition coefficient (Wildman–Crippen LogP) is 1.81. The van der Waals surface area contributed by atoms with Crippen LogP contribution in [0.15, 0.2) is 18.7 Å². The first-order chi connectivity index (χ1) is 10.0. The van der Waals surface area contributed by atoms with Gasteiger partial charge < -0.3 is 15.0 Å². The van der Waals surface area contributed by atoms with Crippen LogP contribution in [0.5, 0.6) is 0 Å². The summed E-state index contributed by atoms with van der Waals surface area (Å²) in [4.78, 5) is 27.7. The second kappa shape index (κ2) is 6.74. The van der Waals surface area contributed by atoms with E-state index < -0.39 is 11.4 Å². The van der Waals surface area contributed by atoms with Crippen LogP contribution in [-0.4, -0.2) is 32.6 Å². The lowest BCUT2D eigenvalue weighted by molar-refractivity contribution is -0.154. The summed E-state index contributed by atoms with van der Waals surface area (Å²) >= 11 is 0. The van der Waals surface area contributed by atoms with E-state index in [0.717, 1.165) is 19.3 Å². The second-order valence-corrected chi connectivity index (χ2v) is 6.05. The van der Waals surface area contributed by atoms with Crippen LogP contribution in [0.2, 0.25) is 0 Å². The van der Waals surface area contributed by atoms with Gasteiger partial charge in [0.25, 0.3) is 0 Å². The van der Waals surface area contributed by atoms with Crippen molar-refractivity contribution in [3.05, 3.63) is 18.7 Å². The van der Waals surface area contributed by atoms with E-state index in [1.165, 1.54) is 0 Å². The van der Waals surface area contributed by atoms with E-state index in [1.54, 1.807) is 12.5 Å². The molecule has 1 fully saturated rings. The van der Waals surface area contributed by atoms with E-state index in [0.29, 0.717) is 19.4 Å². The zero-order chi connectivity index (χ0) is 15.3. The Bertz CT molecular complexity index is 478. The largest absolute Gasteiger partial charge is 0.481 e. The third kappa shape index (κ3) is 4.06. The van der Waals surface area contributed by atoms with Gasteiger partial charge in [-0.1, -0.05) is 19.3 Å². The molecule has 116 valence electrons. The molecule has 2 rings (SSSR count). The molecule has 1 amide bonds. The highest BCUT2D eigenvalue weighted by Crippen LogP contribution is 2.39. The van der Waals surface area contributed by atoms with Crippen molar-refractivity contribution in [2.75, 3.05) is 0 Å². The molecule has 1 aromatic heterocycles. The molecule has 0 aromatic carbocycles. The first-order valence-electron chi connectivity index (χ1n) is 7.50. The molecule has 1 unspecified atom stereocenters. The van der Waals surface area contributed by atoms with Crippen molar-refractivity contribution in [3.8, 4) is 0 Å². The lowest BCUT2D eigenvalue weighted by Gasteiger charge is -2.32. The van der Waals surface area contributed by atoms with E-state index in [-0.39, 0.29) is 18.4 Å². The molecule has 1 aliphatic rings. The molecule has 6 heteroatoms. The Morgan fingerprint density at radius 2 is 2.10 bits per heavy atom. The lowest BCUT2D eigenvalue weighted by Crippen LogP contribution is -2.42. The minimum absolute atomic E-state index is 0.0545. The molecular formula is C15H23N3O3. The maximum absolute atomic E-state index is 12.2. The summed E-state index contributed by atoms with van der Waals surface area (Å²) in [5.41, 5.74) is -0.864. The van der Waals surface area contributed by atoms with Crippen molar-refractivity contribution in [2.24, 2.45) is 5.41 Å². The van der Waals surface area contributed by atoms with Crippen molar-refractivity contribution in [1.82, 2.24) is 14.9 Å². The fourth-order valence-corrected chi connectivity index (χ4v) is 3.08. The Kier molecular flexibility index (Phi) is 4.98. The number of carboxylic acids is 1. The van der Waals surface area contributed by atoms with Crippen molar-refractivity contribution in [3.63, 3.8) is 0 Å². The van der Waals surface area contributed by atoms with Crippen LogP contribution in [0, 0.1) is 5.41 Å². The molecule has 0 radical (unpaired) electrons. The number of rotatable bonds is 6. The quantitative estimate of drug-likeness (QED) is 0.838. The van der Waals surface area contributed by atoms with Crippen LogP contribution >= 0.6 is 0 Å². The van der Waals surface area contributed by atoms with E-state index in [9.17, 15) is 14.7 Å². The van der Waals surface area contributed by atoms with Gasteiger partial charge in [-0.05, 0) is 19.8 Å². The number of aliphatic carboxylic acids is 1. The molecule has 1 atom stereocenters. The molecule has 6 nitrogen and oxygen atoms in total. The number of carbonyl (C=O) groups excluding carboxylic acids is 1.